The maximum atomic E-state index is 12.8. The molecule has 1 aromatic carbocycles. The van der Waals surface area contributed by atoms with E-state index in [2.05, 4.69) is 60.3 Å². The third-order valence-electron chi connectivity index (χ3n) is 7.97. The number of aromatic amines is 1. The van der Waals surface area contributed by atoms with Gasteiger partial charge in [0.2, 0.25) is 0 Å². The molecular formula is C31H37N7O2. The summed E-state index contributed by atoms with van der Waals surface area (Å²) in [7, 11) is 2.08. The number of rotatable bonds is 8. The van der Waals surface area contributed by atoms with Crippen LogP contribution in [0, 0.1) is 12.8 Å². The van der Waals surface area contributed by atoms with Crippen molar-refractivity contribution >= 4 is 22.6 Å². The van der Waals surface area contributed by atoms with Crippen LogP contribution in [0.15, 0.2) is 55.0 Å². The molecule has 0 saturated carbocycles. The molecule has 2 fully saturated rings. The number of likely N-dealkylation sites (N-methyl/N-ethyl adjacent to an activating group) is 1. The Morgan fingerprint density at radius 1 is 1.12 bits per heavy atom. The number of benzene rings is 1. The minimum atomic E-state index is -0.0256. The Labute approximate surface area is 235 Å². The maximum absolute atomic E-state index is 12.8. The van der Waals surface area contributed by atoms with E-state index in [-0.39, 0.29) is 18.0 Å². The molecule has 208 valence electrons. The number of nitrogens with one attached hydrogen (secondary N) is 2. The molecule has 6 rings (SSSR count). The first kappa shape index (κ1) is 26.4. The lowest BCUT2D eigenvalue weighted by Crippen LogP contribution is -2.42. The van der Waals surface area contributed by atoms with E-state index in [0.717, 1.165) is 103 Å². The number of imidazole rings is 1. The molecule has 9 heteroatoms. The van der Waals surface area contributed by atoms with E-state index >= 15 is 0 Å². The Balaban J connectivity index is 1.07. The van der Waals surface area contributed by atoms with E-state index in [1.54, 1.807) is 6.33 Å². The van der Waals surface area contributed by atoms with Crippen molar-refractivity contribution in [1.82, 2.24) is 29.7 Å². The van der Waals surface area contributed by atoms with Crippen LogP contribution in [-0.2, 0) is 9.53 Å². The number of carbonyl (C=O) groups excluding carboxylic acids is 1. The summed E-state index contributed by atoms with van der Waals surface area (Å²) >= 11 is 0. The highest BCUT2D eigenvalue weighted by Gasteiger charge is 2.30. The lowest BCUT2D eigenvalue weighted by atomic mass is 9.98. The molecule has 2 atom stereocenters. The van der Waals surface area contributed by atoms with Gasteiger partial charge < -0.3 is 24.8 Å². The van der Waals surface area contributed by atoms with Crippen molar-refractivity contribution in [2.45, 2.75) is 32.3 Å². The van der Waals surface area contributed by atoms with Gasteiger partial charge in [-0.25, -0.2) is 4.98 Å². The first-order valence-electron chi connectivity index (χ1n) is 14.2. The molecule has 4 aromatic rings. The molecule has 9 nitrogen and oxygen atoms in total. The van der Waals surface area contributed by atoms with Gasteiger partial charge in [-0.2, -0.15) is 0 Å². The molecule has 2 aliphatic heterocycles. The molecular weight excluding hydrogens is 502 g/mol. The fourth-order valence-corrected chi connectivity index (χ4v) is 5.83. The van der Waals surface area contributed by atoms with E-state index in [0.29, 0.717) is 0 Å². The highest BCUT2D eigenvalue weighted by molar-refractivity contribution is 5.88. The number of esters is 1. The number of hydrogen-bond donors (Lipinski definition) is 2. The van der Waals surface area contributed by atoms with Crippen molar-refractivity contribution in [3.8, 4) is 22.6 Å². The zero-order valence-corrected chi connectivity index (χ0v) is 23.3. The van der Waals surface area contributed by atoms with Crippen LogP contribution in [0.25, 0.3) is 33.5 Å². The van der Waals surface area contributed by atoms with Crippen LogP contribution in [0.1, 0.15) is 25.0 Å². The van der Waals surface area contributed by atoms with Gasteiger partial charge in [-0.15, -0.1) is 0 Å². The summed E-state index contributed by atoms with van der Waals surface area (Å²) in [5.41, 5.74) is 6.55. The molecule has 0 radical (unpaired) electrons. The van der Waals surface area contributed by atoms with Gasteiger partial charge in [0.25, 0.3) is 0 Å². The van der Waals surface area contributed by atoms with E-state index in [4.69, 9.17) is 4.74 Å². The van der Waals surface area contributed by atoms with Crippen LogP contribution in [0.2, 0.25) is 0 Å². The van der Waals surface area contributed by atoms with Crippen LogP contribution in [-0.4, -0.2) is 88.1 Å². The molecule has 2 aliphatic rings. The number of H-pyrrole nitrogens is 1. The Bertz CT molecular complexity index is 1490. The lowest BCUT2D eigenvalue weighted by Gasteiger charge is -2.32. The second-order valence-electron chi connectivity index (χ2n) is 11.1. The highest BCUT2D eigenvalue weighted by atomic mass is 16.5. The van der Waals surface area contributed by atoms with E-state index in [1.165, 1.54) is 0 Å². The summed E-state index contributed by atoms with van der Waals surface area (Å²) in [5.74, 6) is -0.0481. The monoisotopic (exact) mass is 539 g/mol. The van der Waals surface area contributed by atoms with Gasteiger partial charge in [0.1, 0.15) is 6.10 Å². The summed E-state index contributed by atoms with van der Waals surface area (Å²) in [6.07, 6.45) is 6.53. The topological polar surface area (TPSA) is 99.3 Å². The molecule has 2 saturated heterocycles. The van der Waals surface area contributed by atoms with Gasteiger partial charge in [0.15, 0.2) is 0 Å². The number of aryl methyl sites for hydroxylation is 1. The van der Waals surface area contributed by atoms with Gasteiger partial charge >= 0.3 is 5.97 Å². The zero-order chi connectivity index (χ0) is 27.5. The van der Waals surface area contributed by atoms with Crippen LogP contribution in [0.5, 0.6) is 0 Å². The Hall–Kier alpha value is -3.82. The number of aromatic nitrogens is 4. The Morgan fingerprint density at radius 3 is 2.90 bits per heavy atom. The summed E-state index contributed by atoms with van der Waals surface area (Å²) in [4.78, 5) is 34.5. The largest absolute Gasteiger partial charge is 0.461 e. The number of pyridine rings is 2. The van der Waals surface area contributed by atoms with E-state index in [9.17, 15) is 4.79 Å². The van der Waals surface area contributed by atoms with Crippen molar-refractivity contribution in [1.29, 1.82) is 0 Å². The average molecular weight is 540 g/mol. The summed E-state index contributed by atoms with van der Waals surface area (Å²) in [5, 5.41) is 4.58. The third kappa shape index (κ3) is 6.00. The molecule has 5 heterocycles. The molecule has 0 bridgehead atoms. The van der Waals surface area contributed by atoms with Crippen LogP contribution in [0.3, 0.4) is 0 Å². The summed E-state index contributed by atoms with van der Waals surface area (Å²) < 4.78 is 5.82. The minimum absolute atomic E-state index is 0.0225. The maximum Gasteiger partial charge on any atom is 0.310 e. The predicted molar refractivity (Wildman–Crippen MR) is 157 cm³/mol. The SMILES string of the molecule is Cc1cccc(-c2[nH]cnc2-c2ccc3ncc(NCCN4CCCC(C(=O)O[C@H]5CCN(C)C5)C4)cc3c2)n1. The molecule has 2 N–H and O–H groups in total. The predicted octanol–water partition coefficient (Wildman–Crippen LogP) is 4.37. The first-order chi connectivity index (χ1) is 19.5. The number of carbonyl (C=O) groups is 1. The number of nitrogens with zero attached hydrogens (tertiary/aromatic N) is 5. The van der Waals surface area contributed by atoms with Crippen molar-refractivity contribution in [2.75, 3.05) is 51.6 Å². The average Bonchev–Trinajstić information content (AvgIpc) is 3.62. The van der Waals surface area contributed by atoms with Crippen molar-refractivity contribution in [3.05, 3.63) is 60.7 Å². The number of fused-ring (bicyclic) bond motifs is 1. The van der Waals surface area contributed by atoms with Gasteiger partial charge in [-0.05, 0) is 70.1 Å². The van der Waals surface area contributed by atoms with E-state index in [1.807, 2.05) is 37.4 Å². The quantitative estimate of drug-likeness (QED) is 0.319. The highest BCUT2D eigenvalue weighted by Crippen LogP contribution is 2.30. The molecule has 40 heavy (non-hydrogen) atoms. The number of anilines is 1. The standard InChI is InChI=1S/C31H37N7O2/c1-21-5-3-7-28(36-21)30-29(34-20-35-30)22-8-9-27-24(15-22)16-25(17-33-27)32-11-14-38-12-4-6-23(18-38)31(39)40-26-10-13-37(2)19-26/h3,5,7-9,15-17,20,23,26,32H,4,6,10-14,18-19H2,1-2H3,(H,34,35)/t23?,26-/m0/s1. The van der Waals surface area contributed by atoms with Crippen molar-refractivity contribution in [3.63, 3.8) is 0 Å². The van der Waals surface area contributed by atoms with Gasteiger partial charge in [0, 0.05) is 49.4 Å². The van der Waals surface area contributed by atoms with Gasteiger partial charge in [-0.3, -0.25) is 14.8 Å². The second-order valence-corrected chi connectivity index (χ2v) is 11.1. The van der Waals surface area contributed by atoms with Crippen molar-refractivity contribution < 1.29 is 9.53 Å². The normalized spacial score (nSPS) is 20.1. The number of likely N-dealkylation sites (tertiary alicyclic amines) is 2. The second kappa shape index (κ2) is 11.7. The molecule has 1 unspecified atom stereocenters. The van der Waals surface area contributed by atoms with Gasteiger partial charge in [0.05, 0.1) is 46.7 Å². The minimum Gasteiger partial charge on any atom is -0.461 e. The fraction of sp³-hybridized carbons (Fsp3) is 0.419. The summed E-state index contributed by atoms with van der Waals surface area (Å²) in [6.45, 7) is 7.27. The molecule has 0 aliphatic carbocycles. The Morgan fingerprint density at radius 2 is 2.05 bits per heavy atom. The van der Waals surface area contributed by atoms with Crippen molar-refractivity contribution in [2.24, 2.45) is 5.92 Å². The number of hydrogen-bond acceptors (Lipinski definition) is 8. The van der Waals surface area contributed by atoms with Crippen LogP contribution in [0.4, 0.5) is 5.69 Å². The zero-order valence-electron chi connectivity index (χ0n) is 23.3. The number of piperidine rings is 1. The first-order valence-corrected chi connectivity index (χ1v) is 14.2. The lowest BCUT2D eigenvalue weighted by molar-refractivity contribution is -0.155. The van der Waals surface area contributed by atoms with Gasteiger partial charge in [-0.1, -0.05) is 12.1 Å². The Kier molecular flexibility index (Phi) is 7.75. The van der Waals surface area contributed by atoms with E-state index < -0.39 is 0 Å². The smallest absolute Gasteiger partial charge is 0.310 e. The molecule has 0 amide bonds. The fourth-order valence-electron chi connectivity index (χ4n) is 5.83. The summed E-state index contributed by atoms with van der Waals surface area (Å²) in [6, 6.07) is 14.4. The van der Waals surface area contributed by atoms with Crippen LogP contribution < -0.4 is 5.32 Å². The van der Waals surface area contributed by atoms with Crippen LogP contribution >= 0.6 is 0 Å². The number of ether oxygens (including phenoxy) is 1. The molecule has 3 aromatic heterocycles. The molecule has 0 spiro atoms. The third-order valence-corrected chi connectivity index (χ3v) is 7.97.